The molecule has 0 aromatic carbocycles. The summed E-state index contributed by atoms with van der Waals surface area (Å²) in [4.78, 5) is 33.5. The first-order valence-electron chi connectivity index (χ1n) is 5.19. The van der Waals surface area contributed by atoms with Crippen molar-refractivity contribution in [3.63, 3.8) is 0 Å². The Labute approximate surface area is 106 Å². The Bertz CT molecular complexity index is 262. The van der Waals surface area contributed by atoms with Gasteiger partial charge in [-0.3, -0.25) is 9.13 Å². The molecule has 0 atom stereocenters. The minimum atomic E-state index is -4.00. The van der Waals surface area contributed by atoms with Crippen LogP contribution in [0.25, 0.3) is 0 Å². The Morgan fingerprint density at radius 1 is 0.833 bits per heavy atom. The molecule has 0 spiro atoms. The monoisotopic (exact) mass is 308 g/mol. The molecule has 0 aliphatic heterocycles. The van der Waals surface area contributed by atoms with Crippen molar-refractivity contribution in [1.82, 2.24) is 0 Å². The van der Waals surface area contributed by atoms with Gasteiger partial charge in [-0.05, 0) is 12.8 Å². The van der Waals surface area contributed by atoms with Crippen molar-refractivity contribution < 1.29 is 33.8 Å². The third-order valence-electron chi connectivity index (χ3n) is 1.69. The molecule has 0 amide bonds. The standard InChI is InChI=1S/C4H12O6P2.C3H10N2O/c5-11(6,7)3-1-2-4-12(8,9)10;4-1-3(6)2-5/h1-4H2,(H2,5,6,7)(H2,8,9,10);3,6H,1-2,4-5H2. The molecule has 112 valence electrons. The second-order valence-electron chi connectivity index (χ2n) is 3.61. The maximum atomic E-state index is 10.3. The maximum Gasteiger partial charge on any atom is 0.325 e. The molecule has 11 heteroatoms. The SMILES string of the molecule is NCC(O)CN.O=P(O)(O)CCCCP(=O)(O)O. The highest BCUT2D eigenvalue weighted by atomic mass is 31.2. The van der Waals surface area contributed by atoms with Crippen LogP contribution in [0, 0.1) is 0 Å². The van der Waals surface area contributed by atoms with Gasteiger partial charge in [-0.25, -0.2) is 0 Å². The summed E-state index contributed by atoms with van der Waals surface area (Å²) in [7, 11) is -8.00. The first-order chi connectivity index (χ1) is 8.02. The molecule has 0 fully saturated rings. The molecule has 9 nitrogen and oxygen atoms in total. The van der Waals surface area contributed by atoms with Gasteiger partial charge in [-0.1, -0.05) is 0 Å². The Balaban J connectivity index is 0. The van der Waals surface area contributed by atoms with E-state index in [1.54, 1.807) is 0 Å². The van der Waals surface area contributed by atoms with E-state index in [1.807, 2.05) is 0 Å². The summed E-state index contributed by atoms with van der Waals surface area (Å²) in [6.07, 6.45) is -0.866. The van der Waals surface area contributed by atoms with Gasteiger partial charge >= 0.3 is 15.2 Å². The van der Waals surface area contributed by atoms with Crippen molar-refractivity contribution in [3.8, 4) is 0 Å². The summed E-state index contributed by atoms with van der Waals surface area (Å²) in [6.45, 7) is 0.521. The highest BCUT2D eigenvalue weighted by Crippen LogP contribution is 2.38. The number of hydrogen-bond acceptors (Lipinski definition) is 5. The molecule has 0 rings (SSSR count). The largest absolute Gasteiger partial charge is 0.390 e. The van der Waals surface area contributed by atoms with Crippen LogP contribution in [0.5, 0.6) is 0 Å². The van der Waals surface area contributed by atoms with E-state index in [0.717, 1.165) is 0 Å². The van der Waals surface area contributed by atoms with Crippen LogP contribution in [0.4, 0.5) is 0 Å². The molecular weight excluding hydrogens is 286 g/mol. The van der Waals surface area contributed by atoms with E-state index in [-0.39, 0.29) is 38.3 Å². The lowest BCUT2D eigenvalue weighted by Gasteiger charge is -2.04. The molecule has 0 bridgehead atoms. The summed E-state index contributed by atoms with van der Waals surface area (Å²) in [5.74, 6) is 0. The van der Waals surface area contributed by atoms with Crippen LogP contribution in [-0.2, 0) is 9.13 Å². The molecule has 0 saturated heterocycles. The average molecular weight is 308 g/mol. The van der Waals surface area contributed by atoms with E-state index in [0.29, 0.717) is 0 Å². The number of aliphatic hydroxyl groups is 1. The highest BCUT2D eigenvalue weighted by molar-refractivity contribution is 7.52. The smallest absolute Gasteiger partial charge is 0.325 e. The normalized spacial score (nSPS) is 12.2. The summed E-state index contributed by atoms with van der Waals surface area (Å²) in [5.41, 5.74) is 9.91. The van der Waals surface area contributed by atoms with E-state index in [1.165, 1.54) is 0 Å². The fourth-order valence-corrected chi connectivity index (χ4v) is 2.00. The Morgan fingerprint density at radius 3 is 1.22 bits per heavy atom. The summed E-state index contributed by atoms with van der Waals surface area (Å²) >= 11 is 0. The van der Waals surface area contributed by atoms with E-state index in [2.05, 4.69) is 0 Å². The molecule has 0 aliphatic carbocycles. The van der Waals surface area contributed by atoms with Crippen molar-refractivity contribution in [2.45, 2.75) is 18.9 Å². The van der Waals surface area contributed by atoms with E-state index in [9.17, 15) is 9.13 Å². The molecular formula is C7H22N2O7P2. The zero-order chi connectivity index (χ0) is 14.8. The third kappa shape index (κ3) is 21.5. The van der Waals surface area contributed by atoms with Crippen LogP contribution in [0.1, 0.15) is 12.8 Å². The van der Waals surface area contributed by atoms with Gasteiger partial charge in [0, 0.05) is 25.4 Å². The number of aliphatic hydroxyl groups excluding tert-OH is 1. The number of nitrogens with two attached hydrogens (primary N) is 2. The predicted molar refractivity (Wildman–Crippen MR) is 67.2 cm³/mol. The second-order valence-corrected chi connectivity index (χ2v) is 7.16. The van der Waals surface area contributed by atoms with Gasteiger partial charge in [-0.2, -0.15) is 0 Å². The Hall–Kier alpha value is 0.180. The summed E-state index contributed by atoms with van der Waals surface area (Å²) < 4.78 is 20.5. The van der Waals surface area contributed by atoms with Gasteiger partial charge in [0.1, 0.15) is 0 Å². The lowest BCUT2D eigenvalue weighted by molar-refractivity contribution is 0.191. The zero-order valence-electron chi connectivity index (χ0n) is 9.92. The third-order valence-corrected chi connectivity index (χ3v) is 3.49. The molecule has 0 radical (unpaired) electrons. The predicted octanol–water partition coefficient (Wildman–Crippen LogP) is -1.61. The van der Waals surface area contributed by atoms with Crippen LogP contribution in [0.3, 0.4) is 0 Å². The van der Waals surface area contributed by atoms with E-state index >= 15 is 0 Å². The van der Waals surface area contributed by atoms with Gasteiger partial charge in [0.25, 0.3) is 0 Å². The fraction of sp³-hybridized carbons (Fsp3) is 1.00. The van der Waals surface area contributed by atoms with Crippen molar-refractivity contribution >= 4 is 15.2 Å². The maximum absolute atomic E-state index is 10.3. The minimum absolute atomic E-state index is 0.134. The summed E-state index contributed by atoms with van der Waals surface area (Å²) in [5, 5.41) is 8.42. The first-order valence-corrected chi connectivity index (χ1v) is 8.78. The molecule has 0 saturated carbocycles. The van der Waals surface area contributed by atoms with Crippen LogP contribution in [0.15, 0.2) is 0 Å². The van der Waals surface area contributed by atoms with E-state index in [4.69, 9.17) is 36.1 Å². The van der Waals surface area contributed by atoms with Crippen LogP contribution in [-0.4, -0.2) is 56.2 Å². The van der Waals surface area contributed by atoms with Gasteiger partial charge in [0.15, 0.2) is 0 Å². The minimum Gasteiger partial charge on any atom is -0.390 e. The van der Waals surface area contributed by atoms with Gasteiger partial charge in [0.05, 0.1) is 6.10 Å². The lowest BCUT2D eigenvalue weighted by atomic mass is 10.4. The van der Waals surface area contributed by atoms with Crippen molar-refractivity contribution in [2.75, 3.05) is 25.4 Å². The quantitative estimate of drug-likeness (QED) is 0.214. The molecule has 0 aromatic heterocycles. The van der Waals surface area contributed by atoms with Crippen LogP contribution >= 0.6 is 15.2 Å². The average Bonchev–Trinajstić information content (AvgIpc) is 2.22. The van der Waals surface area contributed by atoms with E-state index < -0.39 is 21.3 Å². The molecule has 0 unspecified atom stereocenters. The molecule has 0 heterocycles. The Morgan fingerprint density at radius 2 is 1.11 bits per heavy atom. The van der Waals surface area contributed by atoms with Gasteiger partial charge in [-0.15, -0.1) is 0 Å². The Kier molecular flexibility index (Phi) is 11.4. The second kappa shape index (κ2) is 10.0. The van der Waals surface area contributed by atoms with Crippen molar-refractivity contribution in [1.29, 1.82) is 0 Å². The van der Waals surface area contributed by atoms with Crippen LogP contribution < -0.4 is 11.5 Å². The first kappa shape index (κ1) is 20.5. The van der Waals surface area contributed by atoms with Crippen molar-refractivity contribution in [3.05, 3.63) is 0 Å². The fourth-order valence-electron chi connectivity index (χ4n) is 0.732. The highest BCUT2D eigenvalue weighted by Gasteiger charge is 2.15. The number of unbranched alkanes of at least 4 members (excludes halogenated alkanes) is 1. The number of hydrogen-bond donors (Lipinski definition) is 7. The summed E-state index contributed by atoms with van der Waals surface area (Å²) in [6, 6.07) is 0. The van der Waals surface area contributed by atoms with Gasteiger partial charge in [0.2, 0.25) is 0 Å². The van der Waals surface area contributed by atoms with Crippen LogP contribution in [0.2, 0.25) is 0 Å². The number of rotatable bonds is 7. The lowest BCUT2D eigenvalue weighted by Crippen LogP contribution is -2.27. The van der Waals surface area contributed by atoms with Gasteiger partial charge < -0.3 is 36.1 Å². The molecule has 18 heavy (non-hydrogen) atoms. The molecule has 0 aliphatic rings. The molecule has 0 aromatic rings. The zero-order valence-corrected chi connectivity index (χ0v) is 11.7. The topological polar surface area (TPSA) is 187 Å². The molecule has 9 N–H and O–H groups in total. The van der Waals surface area contributed by atoms with Crippen molar-refractivity contribution in [2.24, 2.45) is 11.5 Å².